The number of rotatable bonds is 7. The van der Waals surface area contributed by atoms with E-state index in [0.717, 1.165) is 25.7 Å². The average molecular weight is 419 g/mol. The minimum absolute atomic E-state index is 0.0677. The summed E-state index contributed by atoms with van der Waals surface area (Å²) in [5, 5.41) is 3.02. The van der Waals surface area contributed by atoms with Crippen molar-refractivity contribution >= 4 is 21.6 Å². The fraction of sp³-hybridized carbons (Fsp3) is 0.381. The van der Waals surface area contributed by atoms with Gasteiger partial charge in [0.1, 0.15) is 16.4 Å². The van der Waals surface area contributed by atoms with Crippen LogP contribution in [0.2, 0.25) is 0 Å². The molecule has 3 rings (SSSR count). The second-order valence-electron chi connectivity index (χ2n) is 6.98. The Morgan fingerprint density at radius 2 is 1.72 bits per heavy atom. The second-order valence-corrected chi connectivity index (χ2v) is 8.63. The third kappa shape index (κ3) is 5.00. The number of carbonyl (C=O) groups is 1. The highest BCUT2D eigenvalue weighted by molar-refractivity contribution is 7.92. The molecule has 0 spiro atoms. The molecule has 29 heavy (non-hydrogen) atoms. The van der Waals surface area contributed by atoms with Crippen LogP contribution in [0.3, 0.4) is 0 Å². The number of ether oxygens (including phenoxy) is 2. The van der Waals surface area contributed by atoms with Gasteiger partial charge in [-0.15, -0.1) is 0 Å². The molecule has 8 heteroatoms. The Morgan fingerprint density at radius 3 is 2.41 bits per heavy atom. The molecule has 0 aliphatic heterocycles. The predicted octanol–water partition coefficient (Wildman–Crippen LogP) is 3.57. The Labute approximate surface area is 171 Å². The lowest BCUT2D eigenvalue weighted by molar-refractivity contribution is 0.0928. The lowest BCUT2D eigenvalue weighted by atomic mass is 9.95. The van der Waals surface area contributed by atoms with Gasteiger partial charge in [0.2, 0.25) is 0 Å². The molecule has 0 radical (unpaired) electrons. The maximum absolute atomic E-state index is 13.0. The molecule has 0 bridgehead atoms. The van der Waals surface area contributed by atoms with E-state index in [9.17, 15) is 13.2 Å². The van der Waals surface area contributed by atoms with Crippen molar-refractivity contribution in [2.24, 2.45) is 0 Å². The minimum Gasteiger partial charge on any atom is -0.497 e. The molecule has 156 valence electrons. The highest BCUT2D eigenvalue weighted by Crippen LogP contribution is 2.30. The average Bonchev–Trinajstić information content (AvgIpc) is 2.74. The monoisotopic (exact) mass is 418 g/mol. The number of para-hydroxylation sites is 1. The smallest absolute Gasteiger partial charge is 0.265 e. The molecule has 1 aliphatic carbocycles. The van der Waals surface area contributed by atoms with Gasteiger partial charge in [-0.05, 0) is 37.1 Å². The molecule has 0 unspecified atom stereocenters. The summed E-state index contributed by atoms with van der Waals surface area (Å²) in [6, 6.07) is 11.2. The third-order valence-corrected chi connectivity index (χ3v) is 6.40. The Hall–Kier alpha value is -2.74. The fourth-order valence-corrected chi connectivity index (χ4v) is 4.74. The predicted molar refractivity (Wildman–Crippen MR) is 111 cm³/mol. The number of nitrogens with one attached hydrogen (secondary N) is 2. The maximum Gasteiger partial charge on any atom is 0.265 e. The number of hydrogen-bond acceptors (Lipinski definition) is 5. The Balaban J connectivity index is 1.87. The molecule has 2 aromatic rings. The summed E-state index contributed by atoms with van der Waals surface area (Å²) in [5.41, 5.74) is 0.495. The molecule has 0 heterocycles. The van der Waals surface area contributed by atoms with Crippen LogP contribution in [-0.2, 0) is 10.0 Å². The van der Waals surface area contributed by atoms with E-state index in [1.165, 1.54) is 32.8 Å². The summed E-state index contributed by atoms with van der Waals surface area (Å²) in [4.78, 5) is 12.7. The summed E-state index contributed by atoms with van der Waals surface area (Å²) in [6.45, 7) is 0. The van der Waals surface area contributed by atoms with Crippen molar-refractivity contribution < 1.29 is 22.7 Å². The Bertz CT molecular complexity index is 969. The van der Waals surface area contributed by atoms with E-state index in [1.807, 2.05) is 0 Å². The van der Waals surface area contributed by atoms with Crippen molar-refractivity contribution in [3.8, 4) is 11.5 Å². The number of sulfonamides is 1. The van der Waals surface area contributed by atoms with Crippen LogP contribution in [-0.4, -0.2) is 34.6 Å². The zero-order chi connectivity index (χ0) is 20.9. The van der Waals surface area contributed by atoms with Crippen molar-refractivity contribution in [3.05, 3.63) is 48.0 Å². The molecule has 1 fully saturated rings. The summed E-state index contributed by atoms with van der Waals surface area (Å²) in [7, 11) is -1.16. The van der Waals surface area contributed by atoms with Crippen molar-refractivity contribution in [1.29, 1.82) is 0 Å². The summed E-state index contributed by atoms with van der Waals surface area (Å²) >= 11 is 0. The molecule has 7 nitrogen and oxygen atoms in total. The van der Waals surface area contributed by atoms with Crippen molar-refractivity contribution in [3.63, 3.8) is 0 Å². The summed E-state index contributed by atoms with van der Waals surface area (Å²) in [6.07, 6.45) is 5.26. The molecule has 2 N–H and O–H groups in total. The SMILES string of the molecule is COc1ccc(OC)c(S(=O)(=O)Nc2ccccc2C(=O)NC2CCCCC2)c1. The van der Waals surface area contributed by atoms with Crippen LogP contribution in [0.4, 0.5) is 5.69 Å². The molecule has 0 aromatic heterocycles. The first-order valence-electron chi connectivity index (χ1n) is 9.59. The maximum atomic E-state index is 13.0. The van der Waals surface area contributed by atoms with Gasteiger partial charge in [0.05, 0.1) is 25.5 Å². The van der Waals surface area contributed by atoms with Crippen molar-refractivity contribution in [2.75, 3.05) is 18.9 Å². The van der Waals surface area contributed by atoms with Crippen LogP contribution >= 0.6 is 0 Å². The molecule has 1 aliphatic rings. The van der Waals surface area contributed by atoms with Gasteiger partial charge in [0.25, 0.3) is 15.9 Å². The molecule has 1 saturated carbocycles. The van der Waals surface area contributed by atoms with Crippen molar-refractivity contribution in [2.45, 2.75) is 43.0 Å². The zero-order valence-electron chi connectivity index (χ0n) is 16.6. The van der Waals surface area contributed by atoms with Gasteiger partial charge in [-0.2, -0.15) is 0 Å². The van der Waals surface area contributed by atoms with Gasteiger partial charge >= 0.3 is 0 Å². The minimum atomic E-state index is -4.01. The van der Waals surface area contributed by atoms with Gasteiger partial charge in [0, 0.05) is 12.1 Å². The van der Waals surface area contributed by atoms with Crippen LogP contribution in [0, 0.1) is 0 Å². The number of methoxy groups -OCH3 is 2. The normalized spacial score (nSPS) is 14.8. The zero-order valence-corrected chi connectivity index (χ0v) is 17.4. The summed E-state index contributed by atoms with van der Waals surface area (Å²) in [5.74, 6) is 0.282. The van der Waals surface area contributed by atoms with E-state index in [2.05, 4.69) is 10.0 Å². The van der Waals surface area contributed by atoms with Crippen LogP contribution in [0.15, 0.2) is 47.4 Å². The van der Waals surface area contributed by atoms with Gasteiger partial charge in [-0.1, -0.05) is 31.4 Å². The number of anilines is 1. The van der Waals surface area contributed by atoms with E-state index in [4.69, 9.17) is 9.47 Å². The highest BCUT2D eigenvalue weighted by atomic mass is 32.2. The molecular weight excluding hydrogens is 392 g/mol. The largest absolute Gasteiger partial charge is 0.497 e. The molecule has 1 amide bonds. The number of amides is 1. The third-order valence-electron chi connectivity index (χ3n) is 5.02. The fourth-order valence-electron chi connectivity index (χ4n) is 3.47. The number of benzene rings is 2. The van der Waals surface area contributed by atoms with Gasteiger partial charge in [0.15, 0.2) is 0 Å². The summed E-state index contributed by atoms with van der Waals surface area (Å²) < 4.78 is 38.9. The van der Waals surface area contributed by atoms with Crippen LogP contribution in [0.5, 0.6) is 11.5 Å². The number of hydrogen-bond donors (Lipinski definition) is 2. The number of carbonyl (C=O) groups excluding carboxylic acids is 1. The van der Waals surface area contributed by atoms with E-state index >= 15 is 0 Å². The van der Waals surface area contributed by atoms with E-state index in [0.29, 0.717) is 5.75 Å². The van der Waals surface area contributed by atoms with Crippen molar-refractivity contribution in [1.82, 2.24) is 5.32 Å². The molecular formula is C21H26N2O5S. The standard InChI is InChI=1S/C21H26N2O5S/c1-27-16-12-13-19(28-2)20(14-16)29(25,26)23-18-11-7-6-10-17(18)21(24)22-15-8-4-3-5-9-15/h6-7,10-15,23H,3-5,8-9H2,1-2H3,(H,22,24). The van der Waals surface area contributed by atoms with E-state index in [-0.39, 0.29) is 33.8 Å². The van der Waals surface area contributed by atoms with Crippen LogP contribution < -0.4 is 19.5 Å². The van der Waals surface area contributed by atoms with Crippen LogP contribution in [0.25, 0.3) is 0 Å². The van der Waals surface area contributed by atoms with Gasteiger partial charge in [-0.3, -0.25) is 9.52 Å². The van der Waals surface area contributed by atoms with Crippen LogP contribution in [0.1, 0.15) is 42.5 Å². The first-order valence-corrected chi connectivity index (χ1v) is 11.1. The van der Waals surface area contributed by atoms with Gasteiger partial charge in [-0.25, -0.2) is 8.42 Å². The molecule has 0 saturated heterocycles. The second kappa shape index (κ2) is 9.17. The first kappa shape index (κ1) is 21.0. The quantitative estimate of drug-likeness (QED) is 0.717. The topological polar surface area (TPSA) is 93.7 Å². The lowest BCUT2D eigenvalue weighted by Crippen LogP contribution is -2.36. The van der Waals surface area contributed by atoms with E-state index in [1.54, 1.807) is 30.3 Å². The molecule has 0 atom stereocenters. The van der Waals surface area contributed by atoms with Gasteiger partial charge < -0.3 is 14.8 Å². The molecule has 2 aromatic carbocycles. The Kier molecular flexibility index (Phi) is 6.64. The Morgan fingerprint density at radius 1 is 1.00 bits per heavy atom. The highest BCUT2D eigenvalue weighted by Gasteiger charge is 2.24. The van der Waals surface area contributed by atoms with E-state index < -0.39 is 10.0 Å². The lowest BCUT2D eigenvalue weighted by Gasteiger charge is -2.23. The first-order chi connectivity index (χ1) is 13.9.